The lowest BCUT2D eigenvalue weighted by molar-refractivity contribution is 0.0724. The number of carbonyl (C=O) groups is 1. The van der Waals surface area contributed by atoms with Crippen molar-refractivity contribution in [1.29, 1.82) is 0 Å². The van der Waals surface area contributed by atoms with Crippen molar-refractivity contribution < 1.29 is 9.90 Å². The van der Waals surface area contributed by atoms with Crippen LogP contribution in [-0.4, -0.2) is 30.9 Å². The van der Waals surface area contributed by atoms with E-state index in [1.807, 2.05) is 30.3 Å². The van der Waals surface area contributed by atoms with Crippen LogP contribution in [-0.2, 0) is 6.54 Å². The molecule has 0 radical (unpaired) electrons. The maximum Gasteiger partial charge on any atom is 0.255 e. The lowest BCUT2D eigenvalue weighted by Crippen LogP contribution is -2.30. The SMILES string of the molecule is O=C1c2ccccc2CN1C(c1nc2ccc(Cl)nc2[nH]1)c1ccccc1O. The minimum Gasteiger partial charge on any atom is -0.508 e. The van der Waals surface area contributed by atoms with Crippen LogP contribution in [0.5, 0.6) is 5.75 Å². The van der Waals surface area contributed by atoms with Crippen molar-refractivity contribution in [2.75, 3.05) is 0 Å². The second kappa shape index (κ2) is 6.35. The molecule has 2 N–H and O–H groups in total. The molecule has 1 amide bonds. The zero-order valence-corrected chi connectivity index (χ0v) is 15.4. The number of aromatic nitrogens is 3. The van der Waals surface area contributed by atoms with E-state index in [1.165, 1.54) is 0 Å². The maximum absolute atomic E-state index is 13.1. The first-order chi connectivity index (χ1) is 13.6. The Kier molecular flexibility index (Phi) is 3.80. The predicted molar refractivity (Wildman–Crippen MR) is 105 cm³/mol. The number of benzene rings is 2. The number of carbonyl (C=O) groups excluding carboxylic acids is 1. The van der Waals surface area contributed by atoms with Crippen molar-refractivity contribution >= 4 is 28.7 Å². The van der Waals surface area contributed by atoms with Gasteiger partial charge in [0, 0.05) is 17.7 Å². The van der Waals surface area contributed by atoms with Crippen LogP contribution in [0.25, 0.3) is 11.2 Å². The molecule has 0 spiro atoms. The van der Waals surface area contributed by atoms with Crippen molar-refractivity contribution in [2.45, 2.75) is 12.6 Å². The third-order valence-electron chi connectivity index (χ3n) is 4.98. The van der Waals surface area contributed by atoms with Gasteiger partial charge >= 0.3 is 0 Å². The van der Waals surface area contributed by atoms with E-state index in [9.17, 15) is 9.90 Å². The zero-order chi connectivity index (χ0) is 19.3. The van der Waals surface area contributed by atoms with E-state index in [-0.39, 0.29) is 11.7 Å². The van der Waals surface area contributed by atoms with E-state index in [4.69, 9.17) is 11.6 Å². The average molecular weight is 391 g/mol. The maximum atomic E-state index is 13.1. The second-order valence-electron chi connectivity index (χ2n) is 6.68. The molecule has 1 unspecified atom stereocenters. The number of aromatic hydroxyl groups is 1. The number of rotatable bonds is 3. The molecule has 7 heteroatoms. The Balaban J connectivity index is 1.68. The van der Waals surface area contributed by atoms with Gasteiger partial charge in [0.1, 0.15) is 28.3 Å². The fourth-order valence-corrected chi connectivity index (χ4v) is 3.83. The lowest BCUT2D eigenvalue weighted by Gasteiger charge is -2.27. The molecule has 28 heavy (non-hydrogen) atoms. The minimum atomic E-state index is -0.589. The van der Waals surface area contributed by atoms with Crippen molar-refractivity contribution in [1.82, 2.24) is 19.9 Å². The summed E-state index contributed by atoms with van der Waals surface area (Å²) in [7, 11) is 0. The van der Waals surface area contributed by atoms with Gasteiger partial charge in [0.05, 0.1) is 0 Å². The van der Waals surface area contributed by atoms with Crippen LogP contribution in [0.1, 0.15) is 33.4 Å². The van der Waals surface area contributed by atoms with Crippen LogP contribution in [0.3, 0.4) is 0 Å². The first-order valence-corrected chi connectivity index (χ1v) is 9.18. The van der Waals surface area contributed by atoms with Crippen LogP contribution in [0, 0.1) is 0 Å². The normalized spacial score (nSPS) is 14.5. The van der Waals surface area contributed by atoms with Crippen molar-refractivity contribution in [2.24, 2.45) is 0 Å². The monoisotopic (exact) mass is 390 g/mol. The molecule has 0 bridgehead atoms. The van der Waals surface area contributed by atoms with Crippen LogP contribution in [0.15, 0.2) is 60.7 Å². The molecule has 5 rings (SSSR count). The van der Waals surface area contributed by atoms with E-state index in [1.54, 1.807) is 35.2 Å². The molecule has 1 atom stereocenters. The summed E-state index contributed by atoms with van der Waals surface area (Å²) in [4.78, 5) is 26.9. The molecule has 0 aliphatic carbocycles. The number of amides is 1. The number of nitrogens with one attached hydrogen (secondary N) is 1. The topological polar surface area (TPSA) is 82.1 Å². The minimum absolute atomic E-state index is 0.0997. The molecule has 4 aromatic rings. The zero-order valence-electron chi connectivity index (χ0n) is 14.6. The molecule has 1 aliphatic rings. The largest absolute Gasteiger partial charge is 0.508 e. The number of imidazole rings is 1. The number of hydrogen-bond acceptors (Lipinski definition) is 4. The number of nitrogens with zero attached hydrogens (tertiary/aromatic N) is 3. The molecule has 0 fully saturated rings. The number of phenolic OH excluding ortho intramolecular Hbond substituents is 1. The Morgan fingerprint density at radius 1 is 1.04 bits per heavy atom. The summed E-state index contributed by atoms with van der Waals surface area (Å²) in [5.74, 6) is 0.519. The van der Waals surface area contributed by atoms with E-state index < -0.39 is 6.04 Å². The Bertz CT molecular complexity index is 1220. The number of pyridine rings is 1. The highest BCUT2D eigenvalue weighted by atomic mass is 35.5. The highest BCUT2D eigenvalue weighted by Gasteiger charge is 2.37. The van der Waals surface area contributed by atoms with Gasteiger partial charge in [-0.2, -0.15) is 0 Å². The van der Waals surface area contributed by atoms with Gasteiger partial charge in [-0.1, -0.05) is 48.0 Å². The summed E-state index contributed by atoms with van der Waals surface area (Å²) < 4.78 is 0. The molecule has 0 saturated heterocycles. The van der Waals surface area contributed by atoms with Crippen molar-refractivity contribution in [3.8, 4) is 5.75 Å². The Labute approximate surface area is 165 Å². The second-order valence-corrected chi connectivity index (χ2v) is 7.06. The third kappa shape index (κ3) is 2.61. The van der Waals surface area contributed by atoms with E-state index >= 15 is 0 Å². The highest BCUT2D eigenvalue weighted by Crippen LogP contribution is 2.38. The molecular formula is C21H15ClN4O2. The van der Waals surface area contributed by atoms with Gasteiger partial charge in [0.2, 0.25) is 0 Å². The Morgan fingerprint density at radius 3 is 2.64 bits per heavy atom. The Hall–Kier alpha value is -3.38. The van der Waals surface area contributed by atoms with E-state index in [0.717, 1.165) is 5.56 Å². The fourth-order valence-electron chi connectivity index (χ4n) is 3.69. The lowest BCUT2D eigenvalue weighted by atomic mass is 10.0. The molecule has 1 aliphatic heterocycles. The number of halogens is 1. The van der Waals surface area contributed by atoms with E-state index in [0.29, 0.717) is 39.8 Å². The first kappa shape index (κ1) is 16.8. The van der Waals surface area contributed by atoms with Gasteiger partial charge in [-0.3, -0.25) is 4.79 Å². The number of H-pyrrole nitrogens is 1. The molecule has 3 heterocycles. The first-order valence-electron chi connectivity index (χ1n) is 8.81. The van der Waals surface area contributed by atoms with Crippen molar-refractivity contribution in [3.05, 3.63) is 88.3 Å². The van der Waals surface area contributed by atoms with Gasteiger partial charge in [0.15, 0.2) is 5.65 Å². The molecule has 138 valence electrons. The molecule has 6 nitrogen and oxygen atoms in total. The van der Waals surface area contributed by atoms with Gasteiger partial charge < -0.3 is 15.0 Å². The van der Waals surface area contributed by atoms with Crippen molar-refractivity contribution in [3.63, 3.8) is 0 Å². The summed E-state index contributed by atoms with van der Waals surface area (Å²) in [5.41, 5.74) is 3.38. The van der Waals surface area contributed by atoms with Gasteiger partial charge in [-0.25, -0.2) is 9.97 Å². The number of fused-ring (bicyclic) bond motifs is 2. The fraction of sp³-hybridized carbons (Fsp3) is 0.0952. The molecule has 2 aromatic carbocycles. The van der Waals surface area contributed by atoms with E-state index in [2.05, 4.69) is 15.0 Å². The number of aromatic amines is 1. The third-order valence-corrected chi connectivity index (χ3v) is 5.19. The predicted octanol–water partition coefficient (Wildman–Crippen LogP) is 4.06. The molecular weight excluding hydrogens is 376 g/mol. The standard InChI is InChI=1S/C21H15ClN4O2/c22-17-10-9-15-19(24-17)25-20(23-15)18(14-7-3-4-8-16(14)27)26-11-12-5-1-2-6-13(12)21(26)28/h1-10,18,27H,11H2,(H,23,24,25). The summed E-state index contributed by atoms with van der Waals surface area (Å²) in [6.45, 7) is 0.430. The Morgan fingerprint density at radius 2 is 1.82 bits per heavy atom. The number of hydrogen-bond donors (Lipinski definition) is 2. The summed E-state index contributed by atoms with van der Waals surface area (Å²) in [6, 6.07) is 17.3. The van der Waals surface area contributed by atoms with Crippen LogP contribution >= 0.6 is 11.6 Å². The molecule has 0 saturated carbocycles. The van der Waals surface area contributed by atoms with Gasteiger partial charge in [-0.15, -0.1) is 0 Å². The van der Waals surface area contributed by atoms with Crippen LogP contribution in [0.4, 0.5) is 0 Å². The highest BCUT2D eigenvalue weighted by molar-refractivity contribution is 6.29. The summed E-state index contributed by atoms with van der Waals surface area (Å²) >= 11 is 6.00. The van der Waals surface area contributed by atoms with Gasteiger partial charge in [0.25, 0.3) is 5.91 Å². The van der Waals surface area contributed by atoms with Crippen LogP contribution in [0.2, 0.25) is 5.15 Å². The van der Waals surface area contributed by atoms with Gasteiger partial charge in [-0.05, 0) is 29.8 Å². The number of para-hydroxylation sites is 1. The average Bonchev–Trinajstić information content (AvgIpc) is 3.25. The molecule has 2 aromatic heterocycles. The van der Waals surface area contributed by atoms with Crippen LogP contribution < -0.4 is 0 Å². The summed E-state index contributed by atoms with van der Waals surface area (Å²) in [5, 5.41) is 10.9. The quantitative estimate of drug-likeness (QED) is 0.517. The smallest absolute Gasteiger partial charge is 0.255 e. The summed E-state index contributed by atoms with van der Waals surface area (Å²) in [6.07, 6.45) is 0. The number of phenols is 1.